The van der Waals surface area contributed by atoms with E-state index >= 15 is 0 Å². The molecule has 0 fully saturated rings. The van der Waals surface area contributed by atoms with Crippen LogP contribution < -0.4 is 0 Å². The number of hydrogen-bond donors (Lipinski definition) is 0. The van der Waals surface area contributed by atoms with Crippen molar-refractivity contribution in [2.45, 2.75) is 0 Å². The van der Waals surface area contributed by atoms with Crippen LogP contribution >= 0.6 is 0 Å². The van der Waals surface area contributed by atoms with Crippen molar-refractivity contribution in [1.29, 1.82) is 0 Å². The summed E-state index contributed by atoms with van der Waals surface area (Å²) in [6, 6.07) is 15.2. The molecule has 16 heavy (non-hydrogen) atoms. The van der Waals surface area contributed by atoms with Gasteiger partial charge in [-0.3, -0.25) is 0 Å². The zero-order valence-corrected chi connectivity index (χ0v) is 8.59. The highest BCUT2D eigenvalue weighted by Gasteiger charge is 1.94. The molecule has 0 N–H and O–H groups in total. The van der Waals surface area contributed by atoms with Gasteiger partial charge < -0.3 is 13.7 Å². The highest BCUT2D eigenvalue weighted by molar-refractivity contribution is 5.80. The molecule has 0 amide bonds. The van der Waals surface area contributed by atoms with Crippen LogP contribution in [0.4, 0.5) is 0 Å². The van der Waals surface area contributed by atoms with Gasteiger partial charge in [0.05, 0.1) is 0 Å². The van der Waals surface area contributed by atoms with Gasteiger partial charge in [-0.1, -0.05) is 36.4 Å². The monoisotopic (exact) mass is 212 g/mol. The first kappa shape index (κ1) is 8.97. The molecule has 0 aliphatic carbocycles. The van der Waals surface area contributed by atoms with Gasteiger partial charge in [0.2, 0.25) is 0 Å². The molecule has 0 aliphatic rings. The normalized spacial score (nSPS) is 10.8. The van der Waals surface area contributed by atoms with Crippen molar-refractivity contribution < 1.29 is 9.15 Å². The van der Waals surface area contributed by atoms with Crippen LogP contribution in [0.1, 0.15) is 0 Å². The molecule has 3 aromatic rings. The second kappa shape index (κ2) is 3.38. The van der Waals surface area contributed by atoms with Crippen LogP contribution in [0.5, 0.6) is 0 Å². The van der Waals surface area contributed by atoms with Gasteiger partial charge in [-0.25, -0.2) is 0 Å². The Morgan fingerprint density at radius 2 is 1.19 bits per heavy atom. The third-order valence-electron chi connectivity index (χ3n) is 2.53. The van der Waals surface area contributed by atoms with Gasteiger partial charge in [0, 0.05) is 0 Å². The number of fused-ring (bicyclic) bond motifs is 2. The molecule has 0 saturated heterocycles. The number of benzene rings is 2. The molecule has 1 aromatic heterocycles. The Hall–Kier alpha value is -2.29. The fourth-order valence-electron chi connectivity index (χ4n) is 1.72. The first-order valence-corrected chi connectivity index (χ1v) is 4.99. The molecule has 0 unspecified atom stereocenters. The molecule has 0 aliphatic heterocycles. The van der Waals surface area contributed by atoms with E-state index < -0.39 is 0 Å². The maximum Gasteiger partial charge on any atom is 0.147 e. The molecule has 3 rings (SSSR count). The fourth-order valence-corrected chi connectivity index (χ4v) is 1.72. The van der Waals surface area contributed by atoms with Crippen LogP contribution in [0.2, 0.25) is 0 Å². The minimum absolute atomic E-state index is 0.661. The predicted molar refractivity (Wildman–Crippen MR) is 62.4 cm³/mol. The van der Waals surface area contributed by atoms with Gasteiger partial charge in [-0.15, -0.1) is 7.05 Å². The van der Waals surface area contributed by atoms with Gasteiger partial charge in [-0.05, 0) is 23.2 Å². The lowest BCUT2D eigenvalue weighted by atomic mass is 10.3. The highest BCUT2D eigenvalue weighted by atomic mass is 17.0. The molecule has 0 saturated carbocycles. The van der Waals surface area contributed by atoms with E-state index in [4.69, 9.17) is 9.15 Å². The van der Waals surface area contributed by atoms with E-state index in [-0.39, 0.29) is 0 Å². The summed E-state index contributed by atoms with van der Waals surface area (Å²) in [6.45, 7) is 0. The maximum atomic E-state index is 5.26. The minimum Gasteiger partial charge on any atom is -0.475 e. The largest absolute Gasteiger partial charge is 0.475 e. The summed E-state index contributed by atoms with van der Waals surface area (Å²) >= 11 is 0. The number of aromatic nitrogens is 1. The molecule has 3 heteroatoms. The summed E-state index contributed by atoms with van der Waals surface area (Å²) in [5.41, 5.74) is 3.09. The van der Waals surface area contributed by atoms with Gasteiger partial charge in [0.1, 0.15) is 11.2 Å². The lowest BCUT2D eigenvalue weighted by Crippen LogP contribution is -1.87. The first-order valence-electron chi connectivity index (χ1n) is 4.99. The van der Waals surface area contributed by atoms with Crippen molar-refractivity contribution in [2.24, 2.45) is 0 Å². The van der Waals surface area contributed by atoms with E-state index in [0.717, 1.165) is 11.0 Å². The van der Waals surface area contributed by atoms with Gasteiger partial charge >= 0.3 is 0 Å². The lowest BCUT2D eigenvalue weighted by Gasteiger charge is -2.09. The smallest absolute Gasteiger partial charge is 0.147 e. The van der Waals surface area contributed by atoms with E-state index in [0.29, 0.717) is 11.2 Å². The molecule has 1 heterocycles. The average Bonchev–Trinajstić information content (AvgIpc) is 2.49. The second-order valence-electron chi connectivity index (χ2n) is 3.53. The van der Waals surface area contributed by atoms with E-state index in [2.05, 4.69) is 7.05 Å². The molecule has 0 bridgehead atoms. The number of para-hydroxylation sites is 4. The second-order valence-corrected chi connectivity index (χ2v) is 3.53. The van der Waals surface area contributed by atoms with Crippen molar-refractivity contribution >= 4 is 22.2 Å². The minimum atomic E-state index is 0.661. The molecular weight excluding hydrogens is 202 g/mol. The quantitative estimate of drug-likeness (QED) is 0.420. The summed E-state index contributed by atoms with van der Waals surface area (Å²) in [7, 11) is 4.01. The molecule has 0 radical (unpaired) electrons. The van der Waals surface area contributed by atoms with Crippen molar-refractivity contribution in [3.05, 3.63) is 55.6 Å². The van der Waals surface area contributed by atoms with Crippen LogP contribution in [0.25, 0.3) is 22.2 Å². The van der Waals surface area contributed by atoms with Crippen molar-refractivity contribution in [3.63, 3.8) is 0 Å². The summed E-state index contributed by atoms with van der Waals surface area (Å²) in [5.74, 6) is 0. The van der Waals surface area contributed by atoms with Gasteiger partial charge in [0.25, 0.3) is 0 Å². The Labute approximate surface area is 92.1 Å². The van der Waals surface area contributed by atoms with Crippen molar-refractivity contribution in [2.75, 3.05) is 0 Å². The number of nitrogens with zero attached hydrogens (tertiary/aromatic N) is 1. The van der Waals surface area contributed by atoms with E-state index in [1.54, 1.807) is 4.57 Å². The summed E-state index contributed by atoms with van der Waals surface area (Å²) in [5, 5.41) is 0. The molecule has 80 valence electrons. The topological polar surface area (TPSA) is 31.2 Å². The maximum absolute atomic E-state index is 5.26. The Morgan fingerprint density at radius 1 is 0.750 bits per heavy atom. The van der Waals surface area contributed by atoms with E-state index in [1.165, 1.54) is 0 Å². The van der Waals surface area contributed by atoms with Crippen molar-refractivity contribution in [1.82, 2.24) is 4.57 Å². The van der Waals surface area contributed by atoms with Crippen LogP contribution in [-0.2, 0) is 0 Å². The molecule has 0 spiro atoms. The van der Waals surface area contributed by atoms with Crippen LogP contribution in [0.15, 0.2) is 57.7 Å². The molecule has 0 atom stereocenters. The van der Waals surface area contributed by atoms with Gasteiger partial charge in [-0.2, -0.15) is 0 Å². The SMILES string of the molecule is [CH2-]n1c2ccccc2ooc2ccccc21. The predicted octanol–water partition coefficient (Wildman–Crippen LogP) is 3.74. The van der Waals surface area contributed by atoms with Crippen LogP contribution in [0.3, 0.4) is 0 Å². The Kier molecular flexibility index (Phi) is 1.90. The van der Waals surface area contributed by atoms with Crippen LogP contribution in [0, 0.1) is 7.05 Å². The third-order valence-corrected chi connectivity index (χ3v) is 2.53. The summed E-state index contributed by atoms with van der Waals surface area (Å²) in [4.78, 5) is 0. The summed E-state index contributed by atoms with van der Waals surface area (Å²) < 4.78 is 12.3. The standard InChI is InChI=1S/C13H10NO2/c1-14-10-6-2-4-8-12(10)15-16-13-9-5-3-7-11(13)14/h2-9H,1H2/q-1. The zero-order chi connectivity index (χ0) is 11.0. The average molecular weight is 212 g/mol. The highest BCUT2D eigenvalue weighted by Crippen LogP contribution is 2.19. The first-order chi connectivity index (χ1) is 7.86. The Balaban J connectivity index is 2.63. The lowest BCUT2D eigenvalue weighted by molar-refractivity contribution is 0.0916. The van der Waals surface area contributed by atoms with E-state index in [1.807, 2.05) is 48.5 Å². The molecular formula is C13H10NO2-. The molecule has 2 aromatic carbocycles. The van der Waals surface area contributed by atoms with Crippen molar-refractivity contribution in [3.8, 4) is 0 Å². The summed E-state index contributed by atoms with van der Waals surface area (Å²) in [6.07, 6.45) is 0. The van der Waals surface area contributed by atoms with E-state index in [9.17, 15) is 0 Å². The van der Waals surface area contributed by atoms with Crippen LogP contribution in [-0.4, -0.2) is 4.57 Å². The Bertz CT molecular complexity index is 628. The molecule has 3 nitrogen and oxygen atoms in total. The zero-order valence-electron chi connectivity index (χ0n) is 8.59. The fraction of sp³-hybridized carbons (Fsp3) is 0. The van der Waals surface area contributed by atoms with Gasteiger partial charge in [0.15, 0.2) is 0 Å². The Morgan fingerprint density at radius 3 is 1.69 bits per heavy atom. The number of rotatable bonds is 0. The third kappa shape index (κ3) is 1.26. The number of hydrogen-bond acceptors (Lipinski definition) is 2.